The number of nitrogens with zero attached hydrogens (tertiary/aromatic N) is 4. The van der Waals surface area contributed by atoms with Crippen LogP contribution in [0.3, 0.4) is 0 Å². The Morgan fingerprint density at radius 2 is 1.94 bits per heavy atom. The average Bonchev–Trinajstić information content (AvgIpc) is 3.32. The van der Waals surface area contributed by atoms with Crippen molar-refractivity contribution in [2.75, 3.05) is 31.6 Å². The summed E-state index contributed by atoms with van der Waals surface area (Å²) in [4.78, 5) is 28.4. The third-order valence-corrected chi connectivity index (χ3v) is 6.03. The number of aromatic amines is 1. The van der Waals surface area contributed by atoms with Gasteiger partial charge in [-0.25, -0.2) is 4.98 Å². The highest BCUT2D eigenvalue weighted by Crippen LogP contribution is 2.24. The van der Waals surface area contributed by atoms with E-state index in [4.69, 9.17) is 4.74 Å². The van der Waals surface area contributed by atoms with Crippen molar-refractivity contribution in [2.24, 2.45) is 0 Å². The molecule has 1 aliphatic heterocycles. The summed E-state index contributed by atoms with van der Waals surface area (Å²) in [5.74, 6) is 0.909. The molecule has 0 spiro atoms. The molecule has 4 aromatic rings. The molecule has 1 fully saturated rings. The Kier molecular flexibility index (Phi) is 6.40. The van der Waals surface area contributed by atoms with Crippen molar-refractivity contribution in [2.45, 2.75) is 19.6 Å². The van der Waals surface area contributed by atoms with E-state index in [1.807, 2.05) is 30.5 Å². The SMILES string of the molecule is COc1cccc(CN(Cc2ccc3nc[nH]c3c2)c2ccnc(CN3CCNC(=O)C3)c2)c1. The van der Waals surface area contributed by atoms with E-state index in [9.17, 15) is 4.79 Å². The summed E-state index contributed by atoms with van der Waals surface area (Å²) in [6, 6.07) is 18.6. The Hall–Kier alpha value is -3.91. The van der Waals surface area contributed by atoms with Gasteiger partial charge in [0.05, 0.1) is 36.7 Å². The van der Waals surface area contributed by atoms with Gasteiger partial charge in [0.25, 0.3) is 0 Å². The van der Waals surface area contributed by atoms with E-state index in [0.717, 1.165) is 46.8 Å². The number of aromatic nitrogens is 3. The topological polar surface area (TPSA) is 86.4 Å². The number of pyridine rings is 1. The molecule has 2 N–H and O–H groups in total. The largest absolute Gasteiger partial charge is 0.497 e. The molecule has 0 unspecified atom stereocenters. The van der Waals surface area contributed by atoms with Crippen LogP contribution < -0.4 is 15.0 Å². The number of anilines is 1. The van der Waals surface area contributed by atoms with Crippen molar-refractivity contribution in [3.63, 3.8) is 0 Å². The Balaban J connectivity index is 1.42. The smallest absolute Gasteiger partial charge is 0.234 e. The number of imidazole rings is 1. The first kappa shape index (κ1) is 21.9. The van der Waals surface area contributed by atoms with Gasteiger partial charge in [-0.15, -0.1) is 0 Å². The second-order valence-corrected chi connectivity index (χ2v) is 8.53. The fraction of sp³-hybridized carbons (Fsp3) is 0.269. The van der Waals surface area contributed by atoms with E-state index < -0.39 is 0 Å². The molecule has 8 heteroatoms. The number of benzene rings is 2. The molecule has 0 radical (unpaired) electrons. The van der Waals surface area contributed by atoms with Crippen molar-refractivity contribution in [1.82, 2.24) is 25.2 Å². The number of fused-ring (bicyclic) bond motifs is 1. The fourth-order valence-corrected chi connectivity index (χ4v) is 4.34. The van der Waals surface area contributed by atoms with Crippen LogP contribution in [0.2, 0.25) is 0 Å². The lowest BCUT2D eigenvalue weighted by molar-refractivity contribution is -0.124. The summed E-state index contributed by atoms with van der Waals surface area (Å²) >= 11 is 0. The zero-order valence-corrected chi connectivity index (χ0v) is 19.2. The van der Waals surface area contributed by atoms with Crippen LogP contribution in [0.25, 0.3) is 11.0 Å². The molecule has 2 aromatic heterocycles. The number of hydrogen-bond acceptors (Lipinski definition) is 6. The van der Waals surface area contributed by atoms with Gasteiger partial charge >= 0.3 is 0 Å². The number of hydrogen-bond donors (Lipinski definition) is 2. The minimum Gasteiger partial charge on any atom is -0.497 e. The van der Waals surface area contributed by atoms with Crippen LogP contribution in [-0.2, 0) is 24.4 Å². The molecule has 3 heterocycles. The van der Waals surface area contributed by atoms with Gasteiger partial charge in [-0.05, 0) is 47.5 Å². The van der Waals surface area contributed by atoms with Gasteiger partial charge in [0.15, 0.2) is 0 Å². The molecular weight excluding hydrogens is 428 g/mol. The lowest BCUT2D eigenvalue weighted by Gasteiger charge is -2.28. The molecule has 2 aromatic carbocycles. The number of carbonyl (C=O) groups is 1. The fourth-order valence-electron chi connectivity index (χ4n) is 4.34. The van der Waals surface area contributed by atoms with E-state index >= 15 is 0 Å². The molecule has 0 atom stereocenters. The maximum Gasteiger partial charge on any atom is 0.234 e. The van der Waals surface area contributed by atoms with Crippen molar-refractivity contribution >= 4 is 22.6 Å². The van der Waals surface area contributed by atoms with Gasteiger partial charge in [-0.1, -0.05) is 18.2 Å². The van der Waals surface area contributed by atoms with Crippen LogP contribution >= 0.6 is 0 Å². The molecule has 1 amide bonds. The number of nitrogens with one attached hydrogen (secondary N) is 2. The van der Waals surface area contributed by atoms with Crippen LogP contribution in [0.1, 0.15) is 16.8 Å². The van der Waals surface area contributed by atoms with E-state index in [1.165, 1.54) is 5.56 Å². The molecule has 1 aliphatic rings. The summed E-state index contributed by atoms with van der Waals surface area (Å²) in [6.07, 6.45) is 3.57. The zero-order chi connectivity index (χ0) is 23.3. The number of amides is 1. The second kappa shape index (κ2) is 9.93. The zero-order valence-electron chi connectivity index (χ0n) is 19.2. The van der Waals surface area contributed by atoms with Crippen LogP contribution in [-0.4, -0.2) is 52.5 Å². The van der Waals surface area contributed by atoms with Crippen LogP contribution in [0.15, 0.2) is 67.1 Å². The Labute approximate surface area is 198 Å². The second-order valence-electron chi connectivity index (χ2n) is 8.53. The predicted octanol–water partition coefficient (Wildman–Crippen LogP) is 3.11. The molecule has 5 rings (SSSR count). The first-order valence-corrected chi connectivity index (χ1v) is 11.4. The lowest BCUT2D eigenvalue weighted by Crippen LogP contribution is -2.47. The molecule has 34 heavy (non-hydrogen) atoms. The average molecular weight is 457 g/mol. The van der Waals surface area contributed by atoms with Gasteiger partial charge in [0.1, 0.15) is 5.75 Å². The van der Waals surface area contributed by atoms with E-state index in [1.54, 1.807) is 13.4 Å². The van der Waals surface area contributed by atoms with Crippen LogP contribution in [0, 0.1) is 0 Å². The highest BCUT2D eigenvalue weighted by Gasteiger charge is 2.17. The Bertz CT molecular complexity index is 1290. The normalized spacial score (nSPS) is 14.2. The van der Waals surface area contributed by atoms with Crippen molar-refractivity contribution < 1.29 is 9.53 Å². The minimum atomic E-state index is 0.0660. The number of piperazine rings is 1. The third kappa shape index (κ3) is 5.18. The number of H-pyrrole nitrogens is 1. The molecule has 0 aliphatic carbocycles. The molecular formula is C26H28N6O2. The van der Waals surface area contributed by atoms with Crippen molar-refractivity contribution in [1.29, 1.82) is 0 Å². The summed E-state index contributed by atoms with van der Waals surface area (Å²) in [7, 11) is 1.69. The first-order valence-electron chi connectivity index (χ1n) is 11.4. The maximum atomic E-state index is 11.8. The first-order chi connectivity index (χ1) is 16.7. The lowest BCUT2D eigenvalue weighted by atomic mass is 10.1. The van der Waals surface area contributed by atoms with E-state index in [0.29, 0.717) is 26.2 Å². The van der Waals surface area contributed by atoms with Crippen molar-refractivity contribution in [3.8, 4) is 5.75 Å². The molecule has 174 valence electrons. The van der Waals surface area contributed by atoms with Gasteiger partial charge in [0.2, 0.25) is 5.91 Å². The summed E-state index contributed by atoms with van der Waals surface area (Å²) in [6.45, 7) is 4.00. The third-order valence-electron chi connectivity index (χ3n) is 6.03. The minimum absolute atomic E-state index is 0.0660. The van der Waals surface area contributed by atoms with E-state index in [-0.39, 0.29) is 5.91 Å². The summed E-state index contributed by atoms with van der Waals surface area (Å²) in [5.41, 5.74) is 6.36. The Morgan fingerprint density at radius 1 is 1.06 bits per heavy atom. The number of methoxy groups -OCH3 is 1. The van der Waals surface area contributed by atoms with Gasteiger partial charge in [0, 0.05) is 44.6 Å². The number of ether oxygens (including phenoxy) is 1. The van der Waals surface area contributed by atoms with Gasteiger partial charge in [-0.3, -0.25) is 14.7 Å². The Morgan fingerprint density at radius 3 is 2.79 bits per heavy atom. The summed E-state index contributed by atoms with van der Waals surface area (Å²) < 4.78 is 5.43. The quantitative estimate of drug-likeness (QED) is 0.424. The van der Waals surface area contributed by atoms with Crippen molar-refractivity contribution in [3.05, 3.63) is 83.9 Å². The maximum absolute atomic E-state index is 11.8. The molecule has 0 bridgehead atoms. The monoisotopic (exact) mass is 456 g/mol. The molecule has 8 nitrogen and oxygen atoms in total. The number of carbonyl (C=O) groups excluding carboxylic acids is 1. The van der Waals surface area contributed by atoms with Gasteiger partial charge in [-0.2, -0.15) is 0 Å². The standard InChI is InChI=1S/C26H28N6O2/c1-34-23-4-2-3-19(11-23)14-32(15-20-5-6-24-25(12-20)30-18-29-24)22-7-8-27-21(13-22)16-31-10-9-28-26(33)17-31/h2-8,11-13,18H,9-10,14-17H2,1H3,(H,28,33)(H,29,30). The molecule has 1 saturated heterocycles. The predicted molar refractivity (Wildman–Crippen MR) is 131 cm³/mol. The van der Waals surface area contributed by atoms with Gasteiger partial charge < -0.3 is 19.9 Å². The van der Waals surface area contributed by atoms with Crippen LogP contribution in [0.5, 0.6) is 5.75 Å². The van der Waals surface area contributed by atoms with E-state index in [2.05, 4.69) is 60.4 Å². The molecule has 0 saturated carbocycles. The highest BCUT2D eigenvalue weighted by molar-refractivity contribution is 5.78. The summed E-state index contributed by atoms with van der Waals surface area (Å²) in [5, 5.41) is 2.88. The highest BCUT2D eigenvalue weighted by atomic mass is 16.5. The van der Waals surface area contributed by atoms with Crippen LogP contribution in [0.4, 0.5) is 5.69 Å². The number of rotatable bonds is 8.